The summed E-state index contributed by atoms with van der Waals surface area (Å²) in [5.74, 6) is 0.119. The van der Waals surface area contributed by atoms with Gasteiger partial charge in [-0.2, -0.15) is 11.3 Å². The standard InChI is InChI=1S/C18H23N3O3S/c1-2-24-18(23)21-10-8-20(9-11-21)17(22)13-16(15-5-12-25-14-15)19-6-3-4-7-19/h3-7,12,14,16H,2,8-11,13H2,1H3/t16-/m0/s1. The Balaban J connectivity index is 1.60. The molecule has 1 aliphatic heterocycles. The van der Waals surface area contributed by atoms with Crippen LogP contribution in [0.2, 0.25) is 0 Å². The van der Waals surface area contributed by atoms with Crippen LogP contribution in [0, 0.1) is 0 Å². The normalized spacial score (nSPS) is 15.9. The smallest absolute Gasteiger partial charge is 0.409 e. The Hall–Kier alpha value is -2.28. The predicted molar refractivity (Wildman–Crippen MR) is 96.7 cm³/mol. The molecule has 0 radical (unpaired) electrons. The van der Waals surface area contributed by atoms with E-state index < -0.39 is 0 Å². The minimum absolute atomic E-state index is 0.0110. The number of carbonyl (C=O) groups excluding carboxylic acids is 2. The number of ether oxygens (including phenoxy) is 1. The monoisotopic (exact) mass is 361 g/mol. The quantitative estimate of drug-likeness (QED) is 0.823. The van der Waals surface area contributed by atoms with E-state index in [1.807, 2.05) is 34.8 Å². The molecule has 2 amide bonds. The molecular weight excluding hydrogens is 338 g/mol. The Morgan fingerprint density at radius 1 is 1.16 bits per heavy atom. The lowest BCUT2D eigenvalue weighted by Crippen LogP contribution is -2.51. The van der Waals surface area contributed by atoms with E-state index in [1.54, 1.807) is 23.2 Å². The number of amides is 2. The van der Waals surface area contributed by atoms with Gasteiger partial charge in [-0.1, -0.05) is 0 Å². The van der Waals surface area contributed by atoms with Gasteiger partial charge < -0.3 is 19.1 Å². The van der Waals surface area contributed by atoms with Gasteiger partial charge in [0.25, 0.3) is 0 Å². The summed E-state index contributed by atoms with van der Waals surface area (Å²) in [6, 6.07) is 6.03. The SMILES string of the molecule is CCOC(=O)N1CCN(C(=O)C[C@@H](c2ccsc2)n2cccc2)CC1. The zero-order valence-electron chi connectivity index (χ0n) is 14.3. The van der Waals surface area contributed by atoms with E-state index in [0.29, 0.717) is 39.2 Å². The van der Waals surface area contributed by atoms with Crippen molar-refractivity contribution in [3.63, 3.8) is 0 Å². The topological polar surface area (TPSA) is 54.8 Å². The van der Waals surface area contributed by atoms with E-state index >= 15 is 0 Å². The molecule has 6 nitrogen and oxygen atoms in total. The number of carbonyl (C=O) groups is 2. The molecule has 25 heavy (non-hydrogen) atoms. The van der Waals surface area contributed by atoms with Crippen LogP contribution < -0.4 is 0 Å². The first-order chi connectivity index (χ1) is 12.2. The predicted octanol–water partition coefficient (Wildman–Crippen LogP) is 2.83. The molecule has 2 aromatic rings. The molecule has 3 rings (SSSR count). The molecule has 0 saturated carbocycles. The maximum absolute atomic E-state index is 12.8. The van der Waals surface area contributed by atoms with E-state index in [2.05, 4.69) is 16.0 Å². The Morgan fingerprint density at radius 3 is 2.44 bits per heavy atom. The summed E-state index contributed by atoms with van der Waals surface area (Å²) in [5, 5.41) is 4.13. The first-order valence-electron chi connectivity index (χ1n) is 8.53. The summed E-state index contributed by atoms with van der Waals surface area (Å²) in [5.41, 5.74) is 1.15. The van der Waals surface area contributed by atoms with Crippen LogP contribution in [-0.2, 0) is 9.53 Å². The molecule has 2 aromatic heterocycles. The number of thiophene rings is 1. The summed E-state index contributed by atoms with van der Waals surface area (Å²) >= 11 is 1.64. The van der Waals surface area contributed by atoms with Crippen LogP contribution in [0.15, 0.2) is 41.4 Å². The lowest BCUT2D eigenvalue weighted by atomic mass is 10.1. The fourth-order valence-corrected chi connectivity index (χ4v) is 3.77. The fraction of sp³-hybridized carbons (Fsp3) is 0.444. The molecule has 0 spiro atoms. The lowest BCUT2D eigenvalue weighted by Gasteiger charge is -2.34. The van der Waals surface area contributed by atoms with Crippen molar-refractivity contribution >= 4 is 23.3 Å². The van der Waals surface area contributed by atoms with Gasteiger partial charge in [0.2, 0.25) is 5.91 Å². The molecule has 1 aliphatic rings. The molecule has 1 fully saturated rings. The van der Waals surface area contributed by atoms with Gasteiger partial charge in [-0.3, -0.25) is 4.79 Å². The maximum atomic E-state index is 12.8. The first-order valence-corrected chi connectivity index (χ1v) is 9.47. The van der Waals surface area contributed by atoms with Crippen LogP contribution in [0.5, 0.6) is 0 Å². The number of nitrogens with zero attached hydrogens (tertiary/aromatic N) is 3. The van der Waals surface area contributed by atoms with Gasteiger partial charge in [-0.05, 0) is 41.4 Å². The van der Waals surface area contributed by atoms with E-state index in [-0.39, 0.29) is 18.0 Å². The Kier molecular flexibility index (Phi) is 5.75. The van der Waals surface area contributed by atoms with E-state index in [4.69, 9.17) is 4.74 Å². The summed E-state index contributed by atoms with van der Waals surface area (Å²) in [4.78, 5) is 28.1. The first kappa shape index (κ1) is 17.5. The van der Waals surface area contributed by atoms with Crippen molar-refractivity contribution in [1.29, 1.82) is 0 Å². The van der Waals surface area contributed by atoms with Crippen molar-refractivity contribution in [3.8, 4) is 0 Å². The molecule has 0 aliphatic carbocycles. The molecule has 3 heterocycles. The highest BCUT2D eigenvalue weighted by molar-refractivity contribution is 7.08. The third-order valence-corrected chi connectivity index (χ3v) is 5.14. The van der Waals surface area contributed by atoms with Gasteiger partial charge in [0.15, 0.2) is 0 Å². The second kappa shape index (κ2) is 8.20. The second-order valence-electron chi connectivity index (χ2n) is 5.97. The number of hydrogen-bond donors (Lipinski definition) is 0. The van der Waals surface area contributed by atoms with Crippen LogP contribution in [-0.4, -0.2) is 59.2 Å². The van der Waals surface area contributed by atoms with Crippen LogP contribution >= 0.6 is 11.3 Å². The number of aromatic nitrogens is 1. The van der Waals surface area contributed by atoms with E-state index in [9.17, 15) is 9.59 Å². The molecule has 0 bridgehead atoms. The zero-order chi connectivity index (χ0) is 17.6. The highest BCUT2D eigenvalue weighted by atomic mass is 32.1. The van der Waals surface area contributed by atoms with Crippen molar-refractivity contribution in [3.05, 3.63) is 46.9 Å². The highest BCUT2D eigenvalue weighted by Gasteiger charge is 2.27. The van der Waals surface area contributed by atoms with E-state index in [1.165, 1.54) is 0 Å². The fourth-order valence-electron chi connectivity index (χ4n) is 3.06. The molecule has 0 aromatic carbocycles. The molecule has 1 saturated heterocycles. The highest BCUT2D eigenvalue weighted by Crippen LogP contribution is 2.25. The minimum Gasteiger partial charge on any atom is -0.450 e. The molecule has 7 heteroatoms. The average Bonchev–Trinajstić information content (AvgIpc) is 3.33. The number of rotatable bonds is 5. The van der Waals surface area contributed by atoms with Gasteiger partial charge in [0.05, 0.1) is 19.1 Å². The lowest BCUT2D eigenvalue weighted by molar-refractivity contribution is -0.133. The van der Waals surface area contributed by atoms with Crippen LogP contribution in [0.25, 0.3) is 0 Å². The van der Waals surface area contributed by atoms with Gasteiger partial charge >= 0.3 is 6.09 Å². The summed E-state index contributed by atoms with van der Waals surface area (Å²) in [6.45, 7) is 4.33. The Bertz CT molecular complexity index is 642. The van der Waals surface area contributed by atoms with Gasteiger partial charge in [-0.25, -0.2) is 4.79 Å². The largest absolute Gasteiger partial charge is 0.450 e. The number of hydrogen-bond acceptors (Lipinski definition) is 4. The number of piperazine rings is 1. The zero-order valence-corrected chi connectivity index (χ0v) is 15.2. The van der Waals surface area contributed by atoms with Crippen molar-refractivity contribution in [2.45, 2.75) is 19.4 Å². The van der Waals surface area contributed by atoms with Gasteiger partial charge in [0, 0.05) is 38.6 Å². The Labute approximate surface area is 151 Å². The van der Waals surface area contributed by atoms with Crippen molar-refractivity contribution in [2.75, 3.05) is 32.8 Å². The Morgan fingerprint density at radius 2 is 1.84 bits per heavy atom. The third kappa shape index (κ3) is 4.22. The van der Waals surface area contributed by atoms with Crippen molar-refractivity contribution < 1.29 is 14.3 Å². The van der Waals surface area contributed by atoms with E-state index in [0.717, 1.165) is 5.56 Å². The van der Waals surface area contributed by atoms with Crippen LogP contribution in [0.4, 0.5) is 4.79 Å². The minimum atomic E-state index is -0.293. The van der Waals surface area contributed by atoms with Crippen molar-refractivity contribution in [1.82, 2.24) is 14.4 Å². The van der Waals surface area contributed by atoms with Gasteiger partial charge in [-0.15, -0.1) is 0 Å². The van der Waals surface area contributed by atoms with Crippen LogP contribution in [0.3, 0.4) is 0 Å². The van der Waals surface area contributed by atoms with Crippen LogP contribution in [0.1, 0.15) is 24.9 Å². The molecular formula is C18H23N3O3S. The maximum Gasteiger partial charge on any atom is 0.409 e. The summed E-state index contributed by atoms with van der Waals surface area (Å²) in [7, 11) is 0. The molecule has 134 valence electrons. The molecule has 1 atom stereocenters. The molecule has 0 N–H and O–H groups in total. The van der Waals surface area contributed by atoms with Crippen molar-refractivity contribution in [2.24, 2.45) is 0 Å². The average molecular weight is 361 g/mol. The van der Waals surface area contributed by atoms with Gasteiger partial charge in [0.1, 0.15) is 0 Å². The third-order valence-electron chi connectivity index (χ3n) is 4.44. The second-order valence-corrected chi connectivity index (χ2v) is 6.75. The molecule has 0 unspecified atom stereocenters. The summed E-state index contributed by atoms with van der Waals surface area (Å²) in [6.07, 6.45) is 4.12. The summed E-state index contributed by atoms with van der Waals surface area (Å²) < 4.78 is 7.10.